The highest BCUT2D eigenvalue weighted by Crippen LogP contribution is 2.26. The second kappa shape index (κ2) is 6.42. The highest BCUT2D eigenvalue weighted by molar-refractivity contribution is 7.98. The number of hydrogen-bond acceptors (Lipinski definition) is 4. The third-order valence-corrected chi connectivity index (χ3v) is 4.00. The van der Waals surface area contributed by atoms with E-state index >= 15 is 0 Å². The minimum atomic E-state index is 0.0641. The summed E-state index contributed by atoms with van der Waals surface area (Å²) >= 11 is 1.88. The second-order valence-electron chi connectivity index (χ2n) is 4.51. The fourth-order valence-corrected chi connectivity index (χ4v) is 2.67. The molecule has 1 saturated heterocycles. The molecule has 4 nitrogen and oxygen atoms in total. The SMILES string of the molecule is CSCCCn1cncc1C(N)C1CCOC1. The van der Waals surface area contributed by atoms with Crippen molar-refractivity contribution in [2.45, 2.75) is 25.4 Å². The van der Waals surface area contributed by atoms with Crippen LogP contribution in [-0.2, 0) is 11.3 Å². The molecule has 2 unspecified atom stereocenters. The first-order valence-corrected chi connectivity index (χ1v) is 7.54. The Balaban J connectivity index is 1.96. The first kappa shape index (κ1) is 12.9. The molecule has 0 radical (unpaired) electrons. The lowest BCUT2D eigenvalue weighted by atomic mass is 9.97. The van der Waals surface area contributed by atoms with Gasteiger partial charge < -0.3 is 15.0 Å². The zero-order valence-electron chi connectivity index (χ0n) is 10.3. The van der Waals surface area contributed by atoms with Crippen LogP contribution in [0.3, 0.4) is 0 Å². The van der Waals surface area contributed by atoms with E-state index in [1.165, 1.54) is 12.2 Å². The molecule has 2 rings (SSSR count). The topological polar surface area (TPSA) is 53.1 Å². The number of hydrogen-bond donors (Lipinski definition) is 1. The molecule has 0 aromatic carbocycles. The zero-order chi connectivity index (χ0) is 12.1. The van der Waals surface area contributed by atoms with E-state index in [0.29, 0.717) is 5.92 Å². The van der Waals surface area contributed by atoms with Crippen LogP contribution in [0, 0.1) is 5.92 Å². The number of nitrogens with zero attached hydrogens (tertiary/aromatic N) is 2. The van der Waals surface area contributed by atoms with Crippen molar-refractivity contribution in [3.05, 3.63) is 18.2 Å². The molecule has 17 heavy (non-hydrogen) atoms. The van der Waals surface area contributed by atoms with Crippen molar-refractivity contribution in [2.75, 3.05) is 25.2 Å². The van der Waals surface area contributed by atoms with Crippen LogP contribution in [0.1, 0.15) is 24.6 Å². The van der Waals surface area contributed by atoms with Gasteiger partial charge in [0.1, 0.15) is 0 Å². The van der Waals surface area contributed by atoms with Crippen LogP contribution < -0.4 is 5.73 Å². The predicted octanol–water partition coefficient (Wildman–Crippen LogP) is 1.67. The van der Waals surface area contributed by atoms with E-state index in [2.05, 4.69) is 15.8 Å². The van der Waals surface area contributed by atoms with Crippen LogP contribution in [-0.4, -0.2) is 34.8 Å². The Labute approximate surface area is 107 Å². The number of rotatable bonds is 6. The van der Waals surface area contributed by atoms with E-state index in [1.54, 1.807) is 0 Å². The normalized spacial score (nSPS) is 21.9. The van der Waals surface area contributed by atoms with Gasteiger partial charge in [0.15, 0.2) is 0 Å². The molecule has 0 saturated carbocycles. The van der Waals surface area contributed by atoms with Crippen molar-refractivity contribution in [3.63, 3.8) is 0 Å². The van der Waals surface area contributed by atoms with Crippen LogP contribution >= 0.6 is 11.8 Å². The minimum absolute atomic E-state index is 0.0641. The van der Waals surface area contributed by atoms with Gasteiger partial charge in [-0.1, -0.05) is 0 Å². The smallest absolute Gasteiger partial charge is 0.0948 e. The van der Waals surface area contributed by atoms with Gasteiger partial charge in [0, 0.05) is 25.3 Å². The molecule has 96 valence electrons. The van der Waals surface area contributed by atoms with Gasteiger partial charge in [0.05, 0.1) is 24.7 Å². The summed E-state index contributed by atoms with van der Waals surface area (Å²) in [7, 11) is 0. The Morgan fingerprint density at radius 3 is 3.29 bits per heavy atom. The van der Waals surface area contributed by atoms with Gasteiger partial charge in [-0.25, -0.2) is 4.98 Å². The van der Waals surface area contributed by atoms with E-state index in [4.69, 9.17) is 10.5 Å². The van der Waals surface area contributed by atoms with Crippen molar-refractivity contribution >= 4 is 11.8 Å². The summed E-state index contributed by atoms with van der Waals surface area (Å²) in [5, 5.41) is 0. The Hall–Kier alpha value is -0.520. The standard InChI is InChI=1S/C12H21N3OS/c1-17-6-2-4-15-9-14-7-11(15)12(13)10-3-5-16-8-10/h7,9-10,12H,2-6,8,13H2,1H3. The fourth-order valence-electron chi connectivity index (χ4n) is 2.25. The van der Waals surface area contributed by atoms with Crippen molar-refractivity contribution in [2.24, 2.45) is 11.7 Å². The Kier molecular flexibility index (Phi) is 4.88. The largest absolute Gasteiger partial charge is 0.381 e. The average Bonchev–Trinajstić information content (AvgIpc) is 3.00. The number of nitrogens with two attached hydrogens (primary N) is 1. The van der Waals surface area contributed by atoms with Gasteiger partial charge >= 0.3 is 0 Å². The maximum Gasteiger partial charge on any atom is 0.0948 e. The summed E-state index contributed by atoms with van der Waals surface area (Å²) < 4.78 is 7.60. The number of aromatic nitrogens is 2. The summed E-state index contributed by atoms with van der Waals surface area (Å²) in [5.74, 6) is 1.63. The molecule has 1 aromatic rings. The summed E-state index contributed by atoms with van der Waals surface area (Å²) in [5.41, 5.74) is 7.46. The van der Waals surface area contributed by atoms with Gasteiger partial charge in [0.25, 0.3) is 0 Å². The maximum absolute atomic E-state index is 6.30. The van der Waals surface area contributed by atoms with Crippen LogP contribution in [0.25, 0.3) is 0 Å². The van der Waals surface area contributed by atoms with Gasteiger partial charge in [-0.15, -0.1) is 0 Å². The molecule has 2 heterocycles. The summed E-state index contributed by atoms with van der Waals surface area (Å²) in [6, 6.07) is 0.0641. The van der Waals surface area contributed by atoms with Crippen LogP contribution in [0.15, 0.2) is 12.5 Å². The molecule has 1 aliphatic rings. The molecule has 0 bridgehead atoms. The molecule has 0 amide bonds. The molecule has 1 aromatic heterocycles. The van der Waals surface area contributed by atoms with Gasteiger partial charge in [0.2, 0.25) is 0 Å². The zero-order valence-corrected chi connectivity index (χ0v) is 11.2. The Bertz CT molecular complexity index is 336. The monoisotopic (exact) mass is 255 g/mol. The molecular formula is C12H21N3OS. The van der Waals surface area contributed by atoms with Gasteiger partial charge in [-0.3, -0.25) is 0 Å². The van der Waals surface area contributed by atoms with Crippen LogP contribution in [0.4, 0.5) is 0 Å². The Morgan fingerprint density at radius 2 is 2.59 bits per heavy atom. The highest BCUT2D eigenvalue weighted by Gasteiger charge is 2.26. The third-order valence-electron chi connectivity index (χ3n) is 3.31. The molecular weight excluding hydrogens is 234 g/mol. The second-order valence-corrected chi connectivity index (χ2v) is 5.49. The molecule has 2 N–H and O–H groups in total. The molecule has 0 spiro atoms. The van der Waals surface area contributed by atoms with E-state index in [-0.39, 0.29) is 6.04 Å². The maximum atomic E-state index is 6.30. The van der Waals surface area contributed by atoms with E-state index in [9.17, 15) is 0 Å². The quantitative estimate of drug-likeness (QED) is 0.786. The summed E-state index contributed by atoms with van der Waals surface area (Å²) in [6.07, 6.45) is 8.17. The average molecular weight is 255 g/mol. The van der Waals surface area contributed by atoms with Gasteiger partial charge in [-0.2, -0.15) is 11.8 Å². The lowest BCUT2D eigenvalue weighted by molar-refractivity contribution is 0.180. The van der Waals surface area contributed by atoms with Crippen molar-refractivity contribution in [3.8, 4) is 0 Å². The molecule has 5 heteroatoms. The Morgan fingerprint density at radius 1 is 1.71 bits per heavy atom. The molecule has 0 aliphatic carbocycles. The highest BCUT2D eigenvalue weighted by atomic mass is 32.2. The number of ether oxygens (including phenoxy) is 1. The fraction of sp³-hybridized carbons (Fsp3) is 0.750. The first-order valence-electron chi connectivity index (χ1n) is 6.15. The minimum Gasteiger partial charge on any atom is -0.381 e. The summed E-state index contributed by atoms with van der Waals surface area (Å²) in [4.78, 5) is 4.23. The molecule has 2 atom stereocenters. The first-order chi connectivity index (χ1) is 8.33. The number of thioether (sulfide) groups is 1. The van der Waals surface area contributed by atoms with Crippen LogP contribution in [0.5, 0.6) is 0 Å². The third kappa shape index (κ3) is 3.24. The lowest BCUT2D eigenvalue weighted by Crippen LogP contribution is -2.24. The van der Waals surface area contributed by atoms with Gasteiger partial charge in [-0.05, 0) is 24.9 Å². The van der Waals surface area contributed by atoms with Crippen molar-refractivity contribution in [1.82, 2.24) is 9.55 Å². The van der Waals surface area contributed by atoms with E-state index in [0.717, 1.165) is 31.9 Å². The number of aryl methyl sites for hydroxylation is 1. The van der Waals surface area contributed by atoms with Crippen molar-refractivity contribution < 1.29 is 4.74 Å². The van der Waals surface area contributed by atoms with Crippen molar-refractivity contribution in [1.29, 1.82) is 0 Å². The molecule has 1 fully saturated rings. The lowest BCUT2D eigenvalue weighted by Gasteiger charge is -2.19. The predicted molar refractivity (Wildman–Crippen MR) is 71.1 cm³/mol. The van der Waals surface area contributed by atoms with E-state index < -0.39 is 0 Å². The van der Waals surface area contributed by atoms with Crippen LogP contribution in [0.2, 0.25) is 0 Å². The molecule has 1 aliphatic heterocycles. The summed E-state index contributed by atoms with van der Waals surface area (Å²) in [6.45, 7) is 2.65. The number of imidazole rings is 1. The van der Waals surface area contributed by atoms with E-state index in [1.807, 2.05) is 24.3 Å².